The van der Waals surface area contributed by atoms with Crippen molar-refractivity contribution in [1.82, 2.24) is 4.90 Å². The second-order valence-corrected chi connectivity index (χ2v) is 5.94. The summed E-state index contributed by atoms with van der Waals surface area (Å²) in [5.41, 5.74) is 0. The third-order valence-corrected chi connectivity index (χ3v) is 4.31. The molecule has 1 aliphatic rings. The van der Waals surface area contributed by atoms with Crippen LogP contribution in [0.1, 0.15) is 45.5 Å². The maximum atomic E-state index is 12.3. The van der Waals surface area contributed by atoms with Crippen LogP contribution in [0, 0.1) is 0 Å². The molecule has 2 heterocycles. The van der Waals surface area contributed by atoms with Gasteiger partial charge in [0.1, 0.15) is 4.88 Å². The van der Waals surface area contributed by atoms with E-state index in [4.69, 9.17) is 9.84 Å². The fourth-order valence-electron chi connectivity index (χ4n) is 2.27. The van der Waals surface area contributed by atoms with Gasteiger partial charge in [-0.25, -0.2) is 4.79 Å². The lowest BCUT2D eigenvalue weighted by Gasteiger charge is -2.32. The predicted molar refractivity (Wildman–Crippen MR) is 76.4 cm³/mol. The molecule has 1 aliphatic heterocycles. The molecule has 1 aromatic rings. The van der Waals surface area contributed by atoms with Crippen LogP contribution in [0.5, 0.6) is 0 Å². The van der Waals surface area contributed by atoms with Gasteiger partial charge in [0.2, 0.25) is 0 Å². The molecule has 1 saturated heterocycles. The Bertz CT molecular complexity index is 485. The van der Waals surface area contributed by atoms with E-state index in [1.54, 1.807) is 11.0 Å². The number of hydrogen-bond donors (Lipinski definition) is 1. The first-order valence-corrected chi connectivity index (χ1v) is 7.67. The first-order chi connectivity index (χ1) is 9.61. The molecule has 1 N–H and O–H groups in total. The molecule has 0 aromatic carbocycles. The van der Waals surface area contributed by atoms with Crippen LogP contribution in [0.25, 0.3) is 0 Å². The Morgan fingerprint density at radius 2 is 2.20 bits per heavy atom. The number of thiophene rings is 1. The van der Waals surface area contributed by atoms with Crippen LogP contribution >= 0.6 is 11.3 Å². The van der Waals surface area contributed by atoms with Crippen LogP contribution in [0.2, 0.25) is 0 Å². The summed E-state index contributed by atoms with van der Waals surface area (Å²) < 4.78 is 5.71. The number of amides is 1. The molecule has 1 atom stereocenters. The Kier molecular flexibility index (Phi) is 5.14. The van der Waals surface area contributed by atoms with E-state index >= 15 is 0 Å². The summed E-state index contributed by atoms with van der Waals surface area (Å²) in [6.07, 6.45) is 2.98. The molecule has 1 aromatic heterocycles. The number of likely N-dealkylation sites (tertiary alicyclic amines) is 1. The largest absolute Gasteiger partial charge is 0.477 e. The third-order valence-electron chi connectivity index (χ3n) is 3.25. The van der Waals surface area contributed by atoms with E-state index in [1.165, 1.54) is 6.07 Å². The summed E-state index contributed by atoms with van der Waals surface area (Å²) in [7, 11) is 0. The zero-order chi connectivity index (χ0) is 14.5. The highest BCUT2D eigenvalue weighted by Crippen LogP contribution is 2.21. The summed E-state index contributed by atoms with van der Waals surface area (Å²) in [4.78, 5) is 25.6. The number of ether oxygens (including phenoxy) is 1. The summed E-state index contributed by atoms with van der Waals surface area (Å²) in [5, 5.41) is 8.89. The zero-order valence-electron chi connectivity index (χ0n) is 11.5. The molecule has 0 aliphatic carbocycles. The van der Waals surface area contributed by atoms with Crippen molar-refractivity contribution >= 4 is 23.2 Å². The van der Waals surface area contributed by atoms with E-state index in [1.807, 2.05) is 0 Å². The molecule has 1 unspecified atom stereocenters. The van der Waals surface area contributed by atoms with E-state index < -0.39 is 5.97 Å². The molecule has 0 radical (unpaired) electrons. The zero-order valence-corrected chi connectivity index (χ0v) is 12.3. The Labute approximate surface area is 122 Å². The van der Waals surface area contributed by atoms with Crippen LogP contribution in [0.4, 0.5) is 0 Å². The third kappa shape index (κ3) is 3.58. The number of carboxylic acid groups (broad SMARTS) is 1. The van der Waals surface area contributed by atoms with Gasteiger partial charge in [0.05, 0.1) is 11.0 Å². The summed E-state index contributed by atoms with van der Waals surface area (Å²) >= 11 is 1.03. The quantitative estimate of drug-likeness (QED) is 0.906. The molecule has 0 saturated carbocycles. The minimum Gasteiger partial charge on any atom is -0.477 e. The average molecular weight is 297 g/mol. The van der Waals surface area contributed by atoms with Gasteiger partial charge >= 0.3 is 5.97 Å². The molecule has 0 bridgehead atoms. The van der Waals surface area contributed by atoms with E-state index in [9.17, 15) is 9.59 Å². The van der Waals surface area contributed by atoms with Gasteiger partial charge in [-0.2, -0.15) is 0 Å². The first-order valence-electron chi connectivity index (χ1n) is 6.85. The minimum atomic E-state index is -0.989. The maximum Gasteiger partial charge on any atom is 0.345 e. The topological polar surface area (TPSA) is 66.8 Å². The monoisotopic (exact) mass is 297 g/mol. The van der Waals surface area contributed by atoms with Crippen molar-refractivity contribution in [2.75, 3.05) is 19.7 Å². The van der Waals surface area contributed by atoms with E-state index in [2.05, 4.69) is 6.92 Å². The lowest BCUT2D eigenvalue weighted by Crippen LogP contribution is -2.43. The van der Waals surface area contributed by atoms with Gasteiger partial charge in [-0.3, -0.25) is 4.79 Å². The van der Waals surface area contributed by atoms with Gasteiger partial charge in [0, 0.05) is 19.7 Å². The van der Waals surface area contributed by atoms with E-state index in [0.29, 0.717) is 18.0 Å². The highest BCUT2D eigenvalue weighted by Gasteiger charge is 2.26. The number of nitrogens with zero attached hydrogens (tertiary/aromatic N) is 1. The SMILES string of the molecule is CCCOC1CCCN(C(=O)c2ccc(C(=O)O)s2)C1. The van der Waals surface area contributed by atoms with Crippen LogP contribution < -0.4 is 0 Å². The van der Waals surface area contributed by atoms with Crippen LogP contribution in [0.3, 0.4) is 0 Å². The number of carboxylic acids is 1. The van der Waals surface area contributed by atoms with Gasteiger partial charge in [-0.15, -0.1) is 11.3 Å². The Balaban J connectivity index is 1.98. The van der Waals surface area contributed by atoms with Crippen molar-refractivity contribution in [2.24, 2.45) is 0 Å². The van der Waals surface area contributed by atoms with Crippen LogP contribution in [-0.2, 0) is 4.74 Å². The van der Waals surface area contributed by atoms with Crippen LogP contribution in [-0.4, -0.2) is 47.7 Å². The molecule has 1 fully saturated rings. The standard InChI is InChI=1S/C14H19NO4S/c1-2-8-19-10-4-3-7-15(9-10)13(16)11-5-6-12(20-11)14(17)18/h5-6,10H,2-4,7-9H2,1H3,(H,17,18). The number of piperidine rings is 1. The fraction of sp³-hybridized carbons (Fsp3) is 0.571. The number of carbonyl (C=O) groups is 2. The molecular formula is C14H19NO4S. The molecule has 110 valence electrons. The maximum absolute atomic E-state index is 12.3. The van der Waals surface area contributed by atoms with Gasteiger partial charge in [0.25, 0.3) is 5.91 Å². The van der Waals surface area contributed by atoms with Crippen LogP contribution in [0.15, 0.2) is 12.1 Å². The van der Waals surface area contributed by atoms with Gasteiger partial charge in [-0.1, -0.05) is 6.92 Å². The number of rotatable bonds is 5. The Hall–Kier alpha value is -1.40. The molecule has 20 heavy (non-hydrogen) atoms. The molecule has 5 nitrogen and oxygen atoms in total. The van der Waals surface area contributed by atoms with Crippen molar-refractivity contribution in [3.63, 3.8) is 0 Å². The van der Waals surface area contributed by atoms with Gasteiger partial charge in [-0.05, 0) is 31.4 Å². The summed E-state index contributed by atoms with van der Waals surface area (Å²) in [6.45, 7) is 4.09. The van der Waals surface area contributed by atoms with E-state index in [-0.39, 0.29) is 16.9 Å². The summed E-state index contributed by atoms with van der Waals surface area (Å²) in [6, 6.07) is 3.07. The van der Waals surface area contributed by atoms with Crippen molar-refractivity contribution in [3.8, 4) is 0 Å². The van der Waals surface area contributed by atoms with Crippen molar-refractivity contribution in [1.29, 1.82) is 0 Å². The highest BCUT2D eigenvalue weighted by molar-refractivity contribution is 7.15. The fourth-order valence-corrected chi connectivity index (χ4v) is 3.08. The smallest absolute Gasteiger partial charge is 0.345 e. The van der Waals surface area contributed by atoms with Crippen molar-refractivity contribution < 1.29 is 19.4 Å². The predicted octanol–water partition coefficient (Wildman–Crippen LogP) is 2.48. The normalized spacial score (nSPS) is 19.1. The second-order valence-electron chi connectivity index (χ2n) is 4.86. The van der Waals surface area contributed by atoms with Crippen molar-refractivity contribution in [2.45, 2.75) is 32.3 Å². The molecule has 1 amide bonds. The first kappa shape index (κ1) is 15.0. The van der Waals surface area contributed by atoms with Gasteiger partial charge in [0.15, 0.2) is 0 Å². The van der Waals surface area contributed by atoms with Crippen molar-refractivity contribution in [3.05, 3.63) is 21.9 Å². The minimum absolute atomic E-state index is 0.0905. The average Bonchev–Trinajstić information content (AvgIpc) is 2.94. The van der Waals surface area contributed by atoms with Gasteiger partial charge < -0.3 is 14.7 Å². The molecule has 6 heteroatoms. The molecule has 2 rings (SSSR count). The lowest BCUT2D eigenvalue weighted by molar-refractivity contribution is 0.00227. The highest BCUT2D eigenvalue weighted by atomic mass is 32.1. The summed E-state index contributed by atoms with van der Waals surface area (Å²) in [5.74, 6) is -1.08. The Morgan fingerprint density at radius 3 is 2.85 bits per heavy atom. The number of carbonyl (C=O) groups excluding carboxylic acids is 1. The molecule has 0 spiro atoms. The Morgan fingerprint density at radius 1 is 1.45 bits per heavy atom. The molecular weight excluding hydrogens is 278 g/mol. The lowest BCUT2D eigenvalue weighted by atomic mass is 10.1. The second kappa shape index (κ2) is 6.85. The number of aromatic carboxylic acids is 1. The van der Waals surface area contributed by atoms with E-state index in [0.717, 1.165) is 37.2 Å². The number of hydrogen-bond acceptors (Lipinski definition) is 4.